The molecule has 7 rings (SSSR count). The van der Waals surface area contributed by atoms with E-state index in [1.165, 1.54) is 11.1 Å². The topological polar surface area (TPSA) is 42.7 Å². The van der Waals surface area contributed by atoms with E-state index < -0.39 is 5.54 Å². The van der Waals surface area contributed by atoms with E-state index in [1.807, 2.05) is 13.1 Å². The summed E-state index contributed by atoms with van der Waals surface area (Å²) in [6.45, 7) is 3.73. The second kappa shape index (κ2) is 12.7. The van der Waals surface area contributed by atoms with Gasteiger partial charge in [0, 0.05) is 29.4 Å². The molecule has 0 saturated heterocycles. The maximum atomic E-state index is 5.55. The molecule has 0 unspecified atom stereocenters. The van der Waals surface area contributed by atoms with Gasteiger partial charge in [-0.3, -0.25) is 4.98 Å². The molecule has 0 atom stereocenters. The molecular weight excluding hydrogens is 548 g/mol. The Hall–Kier alpha value is -5.32. The number of benzene rings is 5. The van der Waals surface area contributed by atoms with Crippen molar-refractivity contribution < 1.29 is 0 Å². The summed E-state index contributed by atoms with van der Waals surface area (Å²) in [7, 11) is 0. The lowest BCUT2D eigenvalue weighted by atomic mass is 9.77. The summed E-state index contributed by atoms with van der Waals surface area (Å²) in [5.74, 6) is 0. The van der Waals surface area contributed by atoms with Crippen molar-refractivity contribution in [3.8, 4) is 11.3 Å². The molecule has 0 bridgehead atoms. The second-order valence-electron chi connectivity index (χ2n) is 11.5. The molecular formula is C41H36N4. The Morgan fingerprint density at radius 2 is 1.20 bits per heavy atom. The zero-order valence-electron chi connectivity index (χ0n) is 25.5. The van der Waals surface area contributed by atoms with Crippen LogP contribution in [0.25, 0.3) is 22.2 Å². The van der Waals surface area contributed by atoms with Crippen molar-refractivity contribution in [1.82, 2.24) is 20.1 Å². The number of hydrogen-bond donors (Lipinski definition) is 1. The third-order valence-corrected chi connectivity index (χ3v) is 8.57. The van der Waals surface area contributed by atoms with Crippen LogP contribution in [0.15, 0.2) is 158 Å². The monoisotopic (exact) mass is 584 g/mol. The number of aromatic nitrogens is 3. The summed E-state index contributed by atoms with van der Waals surface area (Å²) in [5.41, 5.74) is 9.36. The molecule has 0 amide bonds. The minimum atomic E-state index is -0.711. The summed E-state index contributed by atoms with van der Waals surface area (Å²) >= 11 is 0. The number of hydrogen-bond acceptors (Lipinski definition) is 3. The van der Waals surface area contributed by atoms with Gasteiger partial charge in [-0.1, -0.05) is 127 Å². The zero-order valence-corrected chi connectivity index (χ0v) is 25.5. The number of nitrogens with zero attached hydrogens (tertiary/aromatic N) is 3. The zero-order chi connectivity index (χ0) is 30.5. The van der Waals surface area contributed by atoms with E-state index >= 15 is 0 Å². The summed E-state index contributed by atoms with van der Waals surface area (Å²) in [6, 6.07) is 53.9. The van der Waals surface area contributed by atoms with Crippen LogP contribution in [0.5, 0.6) is 0 Å². The van der Waals surface area contributed by atoms with Gasteiger partial charge in [0.15, 0.2) is 0 Å². The van der Waals surface area contributed by atoms with Crippen LogP contribution >= 0.6 is 0 Å². The van der Waals surface area contributed by atoms with E-state index in [9.17, 15) is 0 Å². The maximum absolute atomic E-state index is 5.55. The standard InChI is InChI=1S/C41H36N4/c1-31-28-34(25-27-43-31)40-38-29-33(30-42-26-24-32-14-6-2-7-15-32)22-23-39(38)45(44-40)41(35-16-8-3-9-17-35,36-18-10-4-11-19-36)37-20-12-5-13-21-37/h2-23,25,27-29,42H,24,26,30H2,1H3. The molecule has 5 aromatic carbocycles. The highest BCUT2D eigenvalue weighted by Gasteiger charge is 2.41. The van der Waals surface area contributed by atoms with Gasteiger partial charge >= 0.3 is 0 Å². The molecule has 0 radical (unpaired) electrons. The average molecular weight is 585 g/mol. The third-order valence-electron chi connectivity index (χ3n) is 8.57. The molecule has 0 aliphatic heterocycles. The minimum absolute atomic E-state index is 0.711. The quantitative estimate of drug-likeness (QED) is 0.129. The fraction of sp³-hybridized carbons (Fsp3) is 0.122. The van der Waals surface area contributed by atoms with E-state index in [2.05, 4.69) is 167 Å². The molecule has 2 aromatic heterocycles. The van der Waals surface area contributed by atoms with Crippen LogP contribution in [-0.4, -0.2) is 21.3 Å². The summed E-state index contributed by atoms with van der Waals surface area (Å²) in [4.78, 5) is 4.49. The van der Waals surface area contributed by atoms with Gasteiger partial charge in [0.1, 0.15) is 11.2 Å². The Morgan fingerprint density at radius 1 is 0.622 bits per heavy atom. The van der Waals surface area contributed by atoms with Crippen molar-refractivity contribution in [3.63, 3.8) is 0 Å². The van der Waals surface area contributed by atoms with E-state index in [-0.39, 0.29) is 0 Å². The van der Waals surface area contributed by atoms with Crippen LogP contribution in [0.3, 0.4) is 0 Å². The molecule has 0 aliphatic rings. The molecule has 0 aliphatic carbocycles. The van der Waals surface area contributed by atoms with Crippen molar-refractivity contribution in [2.45, 2.75) is 25.4 Å². The molecule has 1 N–H and O–H groups in total. The molecule has 220 valence electrons. The Labute approximate surface area is 265 Å². The van der Waals surface area contributed by atoms with Gasteiger partial charge in [-0.05, 0) is 72.0 Å². The molecule has 2 heterocycles. The molecule has 0 spiro atoms. The highest BCUT2D eigenvalue weighted by atomic mass is 15.3. The maximum Gasteiger partial charge on any atom is 0.138 e. The average Bonchev–Trinajstić information content (AvgIpc) is 3.48. The van der Waals surface area contributed by atoms with Crippen LogP contribution in [0.1, 0.15) is 33.5 Å². The number of nitrogens with one attached hydrogen (secondary N) is 1. The Bertz CT molecular complexity index is 1900. The molecule has 7 aromatic rings. The Kier molecular flexibility index (Phi) is 8.05. The summed E-state index contributed by atoms with van der Waals surface area (Å²) in [6.07, 6.45) is 2.87. The van der Waals surface area contributed by atoms with E-state index in [0.29, 0.717) is 0 Å². The van der Waals surface area contributed by atoms with Crippen LogP contribution in [0, 0.1) is 6.92 Å². The third kappa shape index (κ3) is 5.57. The summed E-state index contributed by atoms with van der Waals surface area (Å²) in [5, 5.41) is 10.3. The molecule has 0 saturated carbocycles. The minimum Gasteiger partial charge on any atom is -0.312 e. The first-order valence-electron chi connectivity index (χ1n) is 15.6. The lowest BCUT2D eigenvalue weighted by molar-refractivity contribution is 0.477. The van der Waals surface area contributed by atoms with Gasteiger partial charge in [-0.15, -0.1) is 0 Å². The largest absolute Gasteiger partial charge is 0.312 e. The van der Waals surface area contributed by atoms with Gasteiger partial charge in [-0.25, -0.2) is 4.68 Å². The highest BCUT2D eigenvalue weighted by Crippen LogP contribution is 2.44. The fourth-order valence-corrected chi connectivity index (χ4v) is 6.45. The van der Waals surface area contributed by atoms with Crippen molar-refractivity contribution in [2.24, 2.45) is 0 Å². The number of aryl methyl sites for hydroxylation is 1. The highest BCUT2D eigenvalue weighted by molar-refractivity contribution is 5.94. The smallest absolute Gasteiger partial charge is 0.138 e. The van der Waals surface area contributed by atoms with Crippen molar-refractivity contribution in [2.75, 3.05) is 6.54 Å². The van der Waals surface area contributed by atoms with Crippen LogP contribution in [-0.2, 0) is 18.5 Å². The summed E-state index contributed by atoms with van der Waals surface area (Å²) < 4.78 is 2.25. The first-order chi connectivity index (χ1) is 22.2. The normalized spacial score (nSPS) is 11.6. The van der Waals surface area contributed by atoms with E-state index in [4.69, 9.17) is 5.10 Å². The van der Waals surface area contributed by atoms with Crippen molar-refractivity contribution >= 4 is 10.9 Å². The molecule has 0 fully saturated rings. The lowest BCUT2D eigenvalue weighted by Crippen LogP contribution is -2.38. The van der Waals surface area contributed by atoms with Gasteiger partial charge in [0.05, 0.1) is 5.52 Å². The van der Waals surface area contributed by atoms with Crippen LogP contribution in [0.4, 0.5) is 0 Å². The first kappa shape index (κ1) is 28.5. The van der Waals surface area contributed by atoms with E-state index in [0.717, 1.165) is 64.1 Å². The Morgan fingerprint density at radius 3 is 1.78 bits per heavy atom. The van der Waals surface area contributed by atoms with Gasteiger partial charge in [0.2, 0.25) is 0 Å². The predicted octanol–water partition coefficient (Wildman–Crippen LogP) is 8.58. The molecule has 4 nitrogen and oxygen atoms in total. The SMILES string of the molecule is Cc1cc(-c2nn(C(c3ccccc3)(c3ccccc3)c3ccccc3)c3ccc(CNCCc4ccccc4)cc23)ccn1. The lowest BCUT2D eigenvalue weighted by Gasteiger charge is -2.37. The van der Waals surface area contributed by atoms with Crippen molar-refractivity contribution in [3.05, 3.63) is 191 Å². The van der Waals surface area contributed by atoms with Crippen LogP contribution in [0.2, 0.25) is 0 Å². The second-order valence-corrected chi connectivity index (χ2v) is 11.5. The first-order valence-corrected chi connectivity index (χ1v) is 15.6. The Balaban J connectivity index is 1.42. The predicted molar refractivity (Wildman–Crippen MR) is 184 cm³/mol. The number of pyridine rings is 1. The van der Waals surface area contributed by atoms with Gasteiger partial charge in [-0.2, -0.15) is 5.10 Å². The molecule has 4 heteroatoms. The fourth-order valence-electron chi connectivity index (χ4n) is 6.45. The van der Waals surface area contributed by atoms with Gasteiger partial charge in [0.25, 0.3) is 0 Å². The van der Waals surface area contributed by atoms with Crippen LogP contribution < -0.4 is 5.32 Å². The molecule has 45 heavy (non-hydrogen) atoms. The van der Waals surface area contributed by atoms with Crippen molar-refractivity contribution in [1.29, 1.82) is 0 Å². The van der Waals surface area contributed by atoms with E-state index in [1.54, 1.807) is 0 Å². The number of rotatable bonds is 10. The number of fused-ring (bicyclic) bond motifs is 1. The van der Waals surface area contributed by atoms with Gasteiger partial charge < -0.3 is 5.32 Å².